The number of rotatable bonds is 1. The van der Waals surface area contributed by atoms with Gasteiger partial charge in [0.25, 0.3) is 0 Å². The third kappa shape index (κ3) is 2.18. The van der Waals surface area contributed by atoms with Gasteiger partial charge in [0.1, 0.15) is 6.04 Å². The van der Waals surface area contributed by atoms with Crippen LogP contribution < -0.4 is 5.73 Å². The van der Waals surface area contributed by atoms with E-state index in [1.165, 1.54) is 11.3 Å². The molecule has 0 saturated carbocycles. The van der Waals surface area contributed by atoms with Gasteiger partial charge < -0.3 is 5.73 Å². The molecular weight excluding hydrogens is 223 g/mol. The van der Waals surface area contributed by atoms with Crippen LogP contribution in [0.3, 0.4) is 0 Å². The van der Waals surface area contributed by atoms with Crippen LogP contribution in [0, 0.1) is 0 Å². The Kier molecular flexibility index (Phi) is 2.77. The van der Waals surface area contributed by atoms with Gasteiger partial charge in [-0.2, -0.15) is 13.2 Å². The van der Waals surface area contributed by atoms with E-state index in [1.54, 1.807) is 6.07 Å². The fourth-order valence-corrected chi connectivity index (χ4v) is 3.11. The van der Waals surface area contributed by atoms with E-state index >= 15 is 0 Å². The molecule has 0 bridgehead atoms. The van der Waals surface area contributed by atoms with E-state index in [9.17, 15) is 13.2 Å². The maximum atomic E-state index is 12.4. The number of alkyl halides is 3. The Bertz CT molecular complexity index is 333. The molecule has 1 unspecified atom stereocenters. The molecule has 2 rings (SSSR count). The van der Waals surface area contributed by atoms with Crippen molar-refractivity contribution in [1.29, 1.82) is 0 Å². The lowest BCUT2D eigenvalue weighted by atomic mass is 9.99. The molecule has 84 valence electrons. The molecule has 1 atom stereocenters. The van der Waals surface area contributed by atoms with Gasteiger partial charge in [0.05, 0.1) is 0 Å². The summed E-state index contributed by atoms with van der Waals surface area (Å²) in [7, 11) is 0. The number of hydrogen-bond acceptors (Lipinski definition) is 2. The van der Waals surface area contributed by atoms with Gasteiger partial charge in [-0.05, 0) is 37.3 Å². The molecule has 1 aliphatic carbocycles. The van der Waals surface area contributed by atoms with Gasteiger partial charge in [0.15, 0.2) is 0 Å². The maximum absolute atomic E-state index is 12.4. The monoisotopic (exact) mass is 235 g/mol. The number of halogens is 3. The lowest BCUT2D eigenvalue weighted by Gasteiger charge is -2.13. The van der Waals surface area contributed by atoms with E-state index < -0.39 is 12.2 Å². The number of thiophene rings is 1. The van der Waals surface area contributed by atoms with Gasteiger partial charge in [0, 0.05) is 9.75 Å². The molecule has 0 amide bonds. The summed E-state index contributed by atoms with van der Waals surface area (Å²) in [4.78, 5) is 1.35. The highest BCUT2D eigenvalue weighted by molar-refractivity contribution is 7.12. The van der Waals surface area contributed by atoms with Crippen LogP contribution in [0.15, 0.2) is 6.07 Å². The van der Waals surface area contributed by atoms with Crippen molar-refractivity contribution in [3.63, 3.8) is 0 Å². The number of fused-ring (bicyclic) bond motifs is 1. The average molecular weight is 235 g/mol. The van der Waals surface area contributed by atoms with Crippen molar-refractivity contribution >= 4 is 11.3 Å². The summed E-state index contributed by atoms with van der Waals surface area (Å²) < 4.78 is 37.1. The number of aryl methyl sites for hydroxylation is 2. The highest BCUT2D eigenvalue weighted by atomic mass is 32.1. The average Bonchev–Trinajstić information content (AvgIpc) is 2.58. The molecule has 0 aliphatic heterocycles. The van der Waals surface area contributed by atoms with Crippen LogP contribution in [0.5, 0.6) is 0 Å². The smallest absolute Gasteiger partial charge is 0.316 e. The largest absolute Gasteiger partial charge is 0.408 e. The highest BCUT2D eigenvalue weighted by Crippen LogP contribution is 2.38. The second-order valence-electron chi connectivity index (χ2n) is 3.82. The Balaban J connectivity index is 2.26. The predicted octanol–water partition coefficient (Wildman–Crippen LogP) is 3.19. The topological polar surface area (TPSA) is 26.0 Å². The van der Waals surface area contributed by atoms with E-state index in [-0.39, 0.29) is 4.88 Å². The highest BCUT2D eigenvalue weighted by Gasteiger charge is 2.39. The first kappa shape index (κ1) is 11.0. The molecule has 15 heavy (non-hydrogen) atoms. The van der Waals surface area contributed by atoms with Crippen LogP contribution in [0.25, 0.3) is 0 Å². The maximum Gasteiger partial charge on any atom is 0.408 e. The zero-order valence-electron chi connectivity index (χ0n) is 8.10. The standard InChI is InChI=1S/C10H12F3NS/c11-10(12,13)9(14)8-5-6-3-1-2-4-7(6)15-8/h5,9H,1-4,14H2. The lowest BCUT2D eigenvalue weighted by Crippen LogP contribution is -2.27. The van der Waals surface area contributed by atoms with Crippen molar-refractivity contribution in [2.24, 2.45) is 5.73 Å². The van der Waals surface area contributed by atoms with Crippen LogP contribution in [0.4, 0.5) is 13.2 Å². The van der Waals surface area contributed by atoms with Gasteiger partial charge >= 0.3 is 6.18 Å². The summed E-state index contributed by atoms with van der Waals surface area (Å²) in [5.41, 5.74) is 6.24. The van der Waals surface area contributed by atoms with E-state index in [0.717, 1.165) is 36.1 Å². The first-order valence-corrected chi connectivity index (χ1v) is 5.74. The van der Waals surface area contributed by atoms with E-state index in [1.807, 2.05) is 0 Å². The summed E-state index contributed by atoms with van der Waals surface area (Å²) in [6.45, 7) is 0. The van der Waals surface area contributed by atoms with Crippen molar-refractivity contribution in [2.75, 3.05) is 0 Å². The van der Waals surface area contributed by atoms with Crippen LogP contribution in [-0.2, 0) is 12.8 Å². The first-order valence-electron chi connectivity index (χ1n) is 4.92. The first-order chi connectivity index (χ1) is 6.98. The number of hydrogen-bond donors (Lipinski definition) is 1. The van der Waals surface area contributed by atoms with Crippen LogP contribution in [0.1, 0.15) is 34.2 Å². The van der Waals surface area contributed by atoms with Crippen molar-refractivity contribution in [2.45, 2.75) is 37.9 Å². The van der Waals surface area contributed by atoms with E-state index in [0.29, 0.717) is 0 Å². The Morgan fingerprint density at radius 3 is 2.53 bits per heavy atom. The zero-order valence-corrected chi connectivity index (χ0v) is 8.92. The summed E-state index contributed by atoms with van der Waals surface area (Å²) in [6, 6.07) is -0.176. The van der Waals surface area contributed by atoms with Gasteiger partial charge in [-0.15, -0.1) is 11.3 Å². The van der Waals surface area contributed by atoms with E-state index in [4.69, 9.17) is 5.73 Å². The predicted molar refractivity (Wildman–Crippen MR) is 53.9 cm³/mol. The van der Waals surface area contributed by atoms with Crippen molar-refractivity contribution < 1.29 is 13.2 Å². The zero-order chi connectivity index (χ0) is 11.1. The van der Waals surface area contributed by atoms with Gasteiger partial charge in [-0.25, -0.2) is 0 Å². The second-order valence-corrected chi connectivity index (χ2v) is 4.99. The third-order valence-electron chi connectivity index (χ3n) is 2.67. The minimum atomic E-state index is -4.33. The number of nitrogens with two attached hydrogens (primary N) is 1. The summed E-state index contributed by atoms with van der Waals surface area (Å²) in [5.74, 6) is 0. The molecule has 0 aromatic carbocycles. The Morgan fingerprint density at radius 2 is 1.93 bits per heavy atom. The lowest BCUT2D eigenvalue weighted by molar-refractivity contribution is -0.148. The van der Waals surface area contributed by atoms with Crippen molar-refractivity contribution in [1.82, 2.24) is 0 Å². The summed E-state index contributed by atoms with van der Waals surface area (Å²) in [5, 5.41) is 0. The van der Waals surface area contributed by atoms with Gasteiger partial charge in [-0.1, -0.05) is 0 Å². The Hall–Kier alpha value is -0.550. The van der Waals surface area contributed by atoms with E-state index in [2.05, 4.69) is 0 Å². The SMILES string of the molecule is NC(c1cc2c(s1)CCCC2)C(F)(F)F. The molecule has 1 heterocycles. The van der Waals surface area contributed by atoms with Crippen LogP contribution in [-0.4, -0.2) is 6.18 Å². The fraction of sp³-hybridized carbons (Fsp3) is 0.600. The summed E-state index contributed by atoms with van der Waals surface area (Å²) >= 11 is 1.23. The molecule has 0 radical (unpaired) electrons. The Morgan fingerprint density at radius 1 is 1.27 bits per heavy atom. The van der Waals surface area contributed by atoms with Crippen molar-refractivity contribution in [3.8, 4) is 0 Å². The minimum Gasteiger partial charge on any atom is -0.316 e. The van der Waals surface area contributed by atoms with Gasteiger partial charge in [0.2, 0.25) is 0 Å². The molecule has 1 aliphatic rings. The van der Waals surface area contributed by atoms with Crippen LogP contribution >= 0.6 is 11.3 Å². The van der Waals surface area contributed by atoms with Crippen LogP contribution in [0.2, 0.25) is 0 Å². The Labute approximate surface area is 90.1 Å². The molecule has 1 aromatic rings. The quantitative estimate of drug-likeness (QED) is 0.794. The molecule has 2 N–H and O–H groups in total. The van der Waals surface area contributed by atoms with Gasteiger partial charge in [-0.3, -0.25) is 0 Å². The molecule has 1 nitrogen and oxygen atoms in total. The molecule has 0 fully saturated rings. The molecular formula is C10H12F3NS. The molecule has 0 spiro atoms. The van der Waals surface area contributed by atoms with Crippen molar-refractivity contribution in [3.05, 3.63) is 21.4 Å². The normalized spacial score (nSPS) is 18.7. The molecule has 5 heteroatoms. The second kappa shape index (κ2) is 3.79. The minimum absolute atomic E-state index is 0.259. The fourth-order valence-electron chi connectivity index (χ4n) is 1.83. The summed E-state index contributed by atoms with van der Waals surface area (Å²) in [6.07, 6.45) is -0.368. The third-order valence-corrected chi connectivity index (χ3v) is 4.00. The molecule has 1 aromatic heterocycles. The molecule has 0 saturated heterocycles.